The second-order valence-corrected chi connectivity index (χ2v) is 9.50. The Morgan fingerprint density at radius 1 is 1.43 bits per heavy atom. The number of aliphatic carboxylic acids is 1. The van der Waals surface area contributed by atoms with Gasteiger partial charge >= 0.3 is 5.97 Å². The van der Waals surface area contributed by atoms with Crippen molar-refractivity contribution in [2.24, 2.45) is 5.92 Å². The van der Waals surface area contributed by atoms with E-state index >= 15 is 0 Å². The number of carboxylic acid groups (broad SMARTS) is 1. The highest BCUT2D eigenvalue weighted by molar-refractivity contribution is 7.91. The standard InChI is InChI=1S/C14H19ClN2O4S2/c15-12-3-4-22-14(12)23(20,21)16-10-5-11(6-10)17(8-13(18)19)7-9-1-2-9/h3-4,9-11,16H,1-2,5-8H2,(H,18,19). The van der Waals surface area contributed by atoms with Crippen LogP contribution in [0, 0.1) is 5.92 Å². The average Bonchev–Trinajstić information content (AvgIpc) is 3.10. The minimum absolute atomic E-state index is 0.0252. The number of nitrogens with one attached hydrogen (secondary N) is 1. The van der Waals surface area contributed by atoms with Gasteiger partial charge in [0.2, 0.25) is 0 Å². The molecule has 2 aliphatic carbocycles. The summed E-state index contributed by atoms with van der Waals surface area (Å²) in [6.07, 6.45) is 3.61. The summed E-state index contributed by atoms with van der Waals surface area (Å²) in [5.74, 6) is -0.227. The van der Waals surface area contributed by atoms with Crippen LogP contribution in [0.1, 0.15) is 25.7 Å². The molecule has 0 spiro atoms. The highest BCUT2D eigenvalue weighted by Gasteiger charge is 2.39. The van der Waals surface area contributed by atoms with Crippen LogP contribution in [0.15, 0.2) is 15.7 Å². The maximum atomic E-state index is 12.3. The van der Waals surface area contributed by atoms with Crippen molar-refractivity contribution in [3.05, 3.63) is 16.5 Å². The Kier molecular flexibility index (Phi) is 4.98. The molecular formula is C14H19ClN2O4S2. The number of hydrogen-bond acceptors (Lipinski definition) is 5. The van der Waals surface area contributed by atoms with Gasteiger partial charge in [0.1, 0.15) is 0 Å². The normalized spacial score (nSPS) is 24.6. The molecule has 2 aliphatic rings. The summed E-state index contributed by atoms with van der Waals surface area (Å²) in [6.45, 7) is 0.824. The highest BCUT2D eigenvalue weighted by Crippen LogP contribution is 2.35. The van der Waals surface area contributed by atoms with Crippen molar-refractivity contribution in [2.45, 2.75) is 42.0 Å². The monoisotopic (exact) mass is 378 g/mol. The van der Waals surface area contributed by atoms with Crippen molar-refractivity contribution >= 4 is 38.9 Å². The molecule has 1 aromatic rings. The molecule has 128 valence electrons. The van der Waals surface area contributed by atoms with Gasteiger partial charge in [0, 0.05) is 18.6 Å². The van der Waals surface area contributed by atoms with Gasteiger partial charge in [-0.1, -0.05) is 11.6 Å². The van der Waals surface area contributed by atoms with E-state index < -0.39 is 16.0 Å². The third-order valence-electron chi connectivity index (χ3n) is 4.31. The summed E-state index contributed by atoms with van der Waals surface area (Å²) in [6, 6.07) is 1.55. The lowest BCUT2D eigenvalue weighted by Crippen LogP contribution is -2.55. The van der Waals surface area contributed by atoms with Gasteiger partial charge in [-0.2, -0.15) is 0 Å². The van der Waals surface area contributed by atoms with Gasteiger partial charge in [0.05, 0.1) is 11.6 Å². The van der Waals surface area contributed by atoms with Gasteiger partial charge in [0.15, 0.2) is 4.21 Å². The lowest BCUT2D eigenvalue weighted by Gasteiger charge is -2.42. The molecule has 2 saturated carbocycles. The number of halogens is 1. The van der Waals surface area contributed by atoms with Crippen molar-refractivity contribution < 1.29 is 18.3 Å². The molecule has 0 bridgehead atoms. The van der Waals surface area contributed by atoms with Gasteiger partial charge in [-0.05, 0) is 43.0 Å². The Labute approximate surface area is 144 Å². The molecular weight excluding hydrogens is 360 g/mol. The molecule has 0 saturated heterocycles. The first kappa shape index (κ1) is 17.2. The number of thiophene rings is 1. The highest BCUT2D eigenvalue weighted by atomic mass is 35.5. The summed E-state index contributed by atoms with van der Waals surface area (Å²) < 4.78 is 27.3. The predicted octanol–water partition coefficient (Wildman–Crippen LogP) is 2.01. The number of rotatable bonds is 8. The van der Waals surface area contributed by atoms with Crippen molar-refractivity contribution in [3.8, 4) is 0 Å². The summed E-state index contributed by atoms with van der Waals surface area (Å²) in [5.41, 5.74) is 0. The number of carboxylic acids is 1. The Morgan fingerprint density at radius 2 is 2.13 bits per heavy atom. The molecule has 0 radical (unpaired) electrons. The van der Waals surface area contributed by atoms with Crippen LogP contribution in [0.3, 0.4) is 0 Å². The maximum absolute atomic E-state index is 12.3. The zero-order chi connectivity index (χ0) is 16.6. The van der Waals surface area contributed by atoms with Gasteiger partial charge in [-0.15, -0.1) is 11.3 Å². The van der Waals surface area contributed by atoms with Crippen LogP contribution in [0.4, 0.5) is 0 Å². The van der Waals surface area contributed by atoms with Crippen molar-refractivity contribution in [1.82, 2.24) is 9.62 Å². The van der Waals surface area contributed by atoms with Crippen molar-refractivity contribution in [1.29, 1.82) is 0 Å². The van der Waals surface area contributed by atoms with Gasteiger partial charge in [-0.3, -0.25) is 9.69 Å². The second kappa shape index (κ2) is 6.68. The first-order valence-corrected chi connectivity index (χ1v) is 10.3. The van der Waals surface area contributed by atoms with Gasteiger partial charge in [-0.25, -0.2) is 13.1 Å². The number of carbonyl (C=O) groups is 1. The van der Waals surface area contributed by atoms with Gasteiger partial charge in [0.25, 0.3) is 10.0 Å². The Morgan fingerprint density at radius 3 is 2.65 bits per heavy atom. The van der Waals surface area contributed by atoms with E-state index in [2.05, 4.69) is 4.72 Å². The third-order valence-corrected chi connectivity index (χ3v) is 7.85. The van der Waals surface area contributed by atoms with Crippen LogP contribution < -0.4 is 4.72 Å². The predicted molar refractivity (Wildman–Crippen MR) is 88.4 cm³/mol. The fourth-order valence-electron chi connectivity index (χ4n) is 2.88. The summed E-state index contributed by atoms with van der Waals surface area (Å²) >= 11 is 6.98. The first-order valence-electron chi connectivity index (χ1n) is 7.56. The van der Waals surface area contributed by atoms with Crippen molar-refractivity contribution in [3.63, 3.8) is 0 Å². The lowest BCUT2D eigenvalue weighted by atomic mass is 9.86. The molecule has 2 fully saturated rings. The van der Waals surface area contributed by atoms with E-state index in [0.29, 0.717) is 18.8 Å². The van der Waals surface area contributed by atoms with E-state index in [0.717, 1.165) is 30.7 Å². The van der Waals surface area contributed by atoms with E-state index in [9.17, 15) is 13.2 Å². The van der Waals surface area contributed by atoms with E-state index in [4.69, 9.17) is 16.7 Å². The van der Waals surface area contributed by atoms with Crippen molar-refractivity contribution in [2.75, 3.05) is 13.1 Å². The molecule has 3 rings (SSSR count). The van der Waals surface area contributed by atoms with Gasteiger partial charge < -0.3 is 5.11 Å². The largest absolute Gasteiger partial charge is 0.480 e. The SMILES string of the molecule is O=C(O)CN(CC1CC1)C1CC(NS(=O)(=O)c2sccc2Cl)C1. The quantitative estimate of drug-likeness (QED) is 0.722. The van der Waals surface area contributed by atoms with E-state index in [1.165, 1.54) is 0 Å². The Balaban J connectivity index is 1.55. The fraction of sp³-hybridized carbons (Fsp3) is 0.643. The topological polar surface area (TPSA) is 86.7 Å². The zero-order valence-electron chi connectivity index (χ0n) is 12.4. The number of hydrogen-bond donors (Lipinski definition) is 2. The number of sulfonamides is 1. The molecule has 9 heteroatoms. The molecule has 0 atom stereocenters. The van der Waals surface area contributed by atoms with E-state index in [-0.39, 0.29) is 27.9 Å². The summed E-state index contributed by atoms with van der Waals surface area (Å²) in [7, 11) is -3.59. The van der Waals surface area contributed by atoms with Crippen LogP contribution in [-0.2, 0) is 14.8 Å². The lowest BCUT2D eigenvalue weighted by molar-refractivity contribution is -0.139. The van der Waals surface area contributed by atoms with E-state index in [1.807, 2.05) is 4.90 Å². The average molecular weight is 379 g/mol. The zero-order valence-corrected chi connectivity index (χ0v) is 14.8. The van der Waals surface area contributed by atoms with Crippen LogP contribution in [0.2, 0.25) is 5.02 Å². The molecule has 0 aliphatic heterocycles. The molecule has 0 aromatic carbocycles. The molecule has 1 heterocycles. The van der Waals surface area contributed by atoms with Crippen LogP contribution >= 0.6 is 22.9 Å². The fourth-order valence-corrected chi connectivity index (χ4v) is 5.84. The Bertz CT molecular complexity index is 681. The molecule has 0 unspecified atom stereocenters. The number of nitrogens with zero attached hydrogens (tertiary/aromatic N) is 1. The first-order chi connectivity index (χ1) is 10.8. The van der Waals surface area contributed by atoms with Crippen LogP contribution in [0.25, 0.3) is 0 Å². The maximum Gasteiger partial charge on any atom is 0.317 e. The molecule has 6 nitrogen and oxygen atoms in total. The molecule has 1 aromatic heterocycles. The second-order valence-electron chi connectivity index (χ2n) is 6.27. The minimum Gasteiger partial charge on any atom is -0.480 e. The third kappa shape index (κ3) is 4.24. The van der Waals surface area contributed by atoms with Crippen LogP contribution in [-0.4, -0.2) is 49.6 Å². The molecule has 2 N–H and O–H groups in total. The summed E-state index contributed by atoms with van der Waals surface area (Å²) in [4.78, 5) is 13.0. The molecule has 23 heavy (non-hydrogen) atoms. The summed E-state index contributed by atoms with van der Waals surface area (Å²) in [5, 5.41) is 10.9. The molecule has 0 amide bonds. The Hall–Kier alpha value is -0.670. The van der Waals surface area contributed by atoms with Crippen LogP contribution in [0.5, 0.6) is 0 Å². The van der Waals surface area contributed by atoms with E-state index in [1.54, 1.807) is 11.4 Å². The minimum atomic E-state index is -3.59. The smallest absolute Gasteiger partial charge is 0.317 e.